The van der Waals surface area contributed by atoms with Gasteiger partial charge in [0.2, 0.25) is 5.91 Å². The summed E-state index contributed by atoms with van der Waals surface area (Å²) in [5.41, 5.74) is 10.9. The van der Waals surface area contributed by atoms with E-state index < -0.39 is 6.04 Å². The second-order valence-corrected chi connectivity index (χ2v) is 5.84. The quantitative estimate of drug-likeness (QED) is 0.906. The van der Waals surface area contributed by atoms with Crippen LogP contribution in [0.15, 0.2) is 12.1 Å². The van der Waals surface area contributed by atoms with Gasteiger partial charge in [0.1, 0.15) is 0 Å². The van der Waals surface area contributed by atoms with E-state index in [4.69, 9.17) is 5.73 Å². The van der Waals surface area contributed by atoms with Gasteiger partial charge >= 0.3 is 0 Å². The molecule has 0 radical (unpaired) electrons. The minimum atomic E-state index is -0.420. The number of hydrogen-bond donors (Lipinski definition) is 1. The van der Waals surface area contributed by atoms with E-state index in [9.17, 15) is 4.79 Å². The summed E-state index contributed by atoms with van der Waals surface area (Å²) >= 11 is 0. The largest absolute Gasteiger partial charge is 0.340 e. The summed E-state index contributed by atoms with van der Waals surface area (Å²) in [5.74, 6) is 0.171. The van der Waals surface area contributed by atoms with Crippen LogP contribution in [0, 0.1) is 26.7 Å². The molecule has 1 amide bonds. The zero-order chi connectivity index (χ0) is 14.7. The Labute approximate surface area is 116 Å². The number of aryl methyl sites for hydroxylation is 3. The Hall–Kier alpha value is -1.35. The molecule has 0 fully saturated rings. The molecule has 0 bridgehead atoms. The van der Waals surface area contributed by atoms with Crippen molar-refractivity contribution >= 4 is 5.91 Å². The molecule has 0 aliphatic heterocycles. The van der Waals surface area contributed by atoms with E-state index in [1.807, 2.05) is 20.9 Å². The van der Waals surface area contributed by atoms with E-state index in [0.717, 1.165) is 0 Å². The summed E-state index contributed by atoms with van der Waals surface area (Å²) in [6.07, 6.45) is 0. The highest BCUT2D eigenvalue weighted by molar-refractivity contribution is 5.81. The monoisotopic (exact) mass is 262 g/mol. The molecule has 0 heterocycles. The number of hydrogen-bond acceptors (Lipinski definition) is 2. The lowest BCUT2D eigenvalue weighted by Gasteiger charge is -2.25. The van der Waals surface area contributed by atoms with Crippen LogP contribution >= 0.6 is 0 Å². The fourth-order valence-electron chi connectivity index (χ4n) is 2.31. The highest BCUT2D eigenvalue weighted by atomic mass is 16.2. The van der Waals surface area contributed by atoms with E-state index in [1.165, 1.54) is 22.3 Å². The average molecular weight is 262 g/mol. The van der Waals surface area contributed by atoms with Crippen LogP contribution in [0.5, 0.6) is 0 Å². The van der Waals surface area contributed by atoms with Gasteiger partial charge in [-0.2, -0.15) is 0 Å². The lowest BCUT2D eigenvalue weighted by atomic mass is 9.98. The summed E-state index contributed by atoms with van der Waals surface area (Å²) in [4.78, 5) is 13.9. The topological polar surface area (TPSA) is 46.3 Å². The molecule has 1 aromatic carbocycles. The molecule has 19 heavy (non-hydrogen) atoms. The highest BCUT2D eigenvalue weighted by Crippen LogP contribution is 2.18. The van der Waals surface area contributed by atoms with Crippen LogP contribution in [0.2, 0.25) is 0 Å². The van der Waals surface area contributed by atoms with Crippen molar-refractivity contribution in [2.45, 2.75) is 47.2 Å². The van der Waals surface area contributed by atoms with Crippen LogP contribution in [0.25, 0.3) is 0 Å². The maximum atomic E-state index is 12.2. The fourth-order valence-corrected chi connectivity index (χ4v) is 2.31. The van der Waals surface area contributed by atoms with Crippen LogP contribution in [0.4, 0.5) is 0 Å². The van der Waals surface area contributed by atoms with Gasteiger partial charge in [-0.25, -0.2) is 0 Å². The van der Waals surface area contributed by atoms with Crippen LogP contribution in [0.3, 0.4) is 0 Å². The van der Waals surface area contributed by atoms with Gasteiger partial charge < -0.3 is 10.6 Å². The summed E-state index contributed by atoms with van der Waals surface area (Å²) in [6, 6.07) is 3.89. The third kappa shape index (κ3) is 3.80. The number of carbonyl (C=O) groups excluding carboxylic acids is 1. The molecule has 106 valence electrons. The van der Waals surface area contributed by atoms with Crippen molar-refractivity contribution in [2.24, 2.45) is 11.7 Å². The lowest BCUT2D eigenvalue weighted by molar-refractivity contribution is -0.132. The number of nitrogens with two attached hydrogens (primary N) is 1. The average Bonchev–Trinajstić information content (AvgIpc) is 2.31. The first-order chi connectivity index (χ1) is 8.73. The smallest absolute Gasteiger partial charge is 0.239 e. The van der Waals surface area contributed by atoms with E-state index in [2.05, 4.69) is 32.9 Å². The molecule has 0 aliphatic rings. The molecule has 0 aromatic heterocycles. The Balaban J connectivity index is 2.89. The molecule has 2 N–H and O–H groups in total. The molecule has 0 spiro atoms. The maximum absolute atomic E-state index is 12.2. The number of amides is 1. The van der Waals surface area contributed by atoms with E-state index in [0.29, 0.717) is 6.54 Å². The van der Waals surface area contributed by atoms with Gasteiger partial charge in [-0.05, 0) is 43.4 Å². The highest BCUT2D eigenvalue weighted by Gasteiger charge is 2.21. The van der Waals surface area contributed by atoms with Crippen molar-refractivity contribution < 1.29 is 4.79 Å². The number of likely N-dealkylation sites (N-methyl/N-ethyl adjacent to an activating group) is 1. The van der Waals surface area contributed by atoms with E-state index in [-0.39, 0.29) is 11.8 Å². The van der Waals surface area contributed by atoms with Gasteiger partial charge in [0.05, 0.1) is 6.04 Å². The van der Waals surface area contributed by atoms with Crippen LogP contribution in [0.1, 0.15) is 36.1 Å². The molecule has 1 atom stereocenters. The Morgan fingerprint density at radius 3 is 2.11 bits per heavy atom. The predicted octanol–water partition coefficient (Wildman–Crippen LogP) is 2.55. The molecule has 1 unspecified atom stereocenters. The second-order valence-electron chi connectivity index (χ2n) is 5.84. The fraction of sp³-hybridized carbons (Fsp3) is 0.562. The first-order valence-corrected chi connectivity index (χ1v) is 6.81. The van der Waals surface area contributed by atoms with Crippen molar-refractivity contribution in [2.75, 3.05) is 7.05 Å². The van der Waals surface area contributed by atoms with Gasteiger partial charge in [0, 0.05) is 13.6 Å². The van der Waals surface area contributed by atoms with Crippen molar-refractivity contribution in [1.29, 1.82) is 0 Å². The molecular weight excluding hydrogens is 236 g/mol. The van der Waals surface area contributed by atoms with Crippen LogP contribution in [-0.4, -0.2) is 23.9 Å². The minimum Gasteiger partial charge on any atom is -0.340 e. The van der Waals surface area contributed by atoms with Gasteiger partial charge in [-0.15, -0.1) is 0 Å². The molecule has 3 nitrogen and oxygen atoms in total. The molecule has 0 aliphatic carbocycles. The van der Waals surface area contributed by atoms with Crippen molar-refractivity contribution in [3.05, 3.63) is 34.4 Å². The van der Waals surface area contributed by atoms with Crippen molar-refractivity contribution in [1.82, 2.24) is 4.90 Å². The summed E-state index contributed by atoms with van der Waals surface area (Å²) in [7, 11) is 1.82. The Morgan fingerprint density at radius 1 is 1.21 bits per heavy atom. The number of benzene rings is 1. The predicted molar refractivity (Wildman–Crippen MR) is 79.9 cm³/mol. The summed E-state index contributed by atoms with van der Waals surface area (Å²) in [5, 5.41) is 0. The van der Waals surface area contributed by atoms with Crippen molar-refractivity contribution in [3.8, 4) is 0 Å². The zero-order valence-electron chi connectivity index (χ0n) is 12.9. The number of carbonyl (C=O) groups is 1. The number of nitrogens with zero attached hydrogens (tertiary/aromatic N) is 1. The van der Waals surface area contributed by atoms with Crippen molar-refractivity contribution in [3.63, 3.8) is 0 Å². The van der Waals surface area contributed by atoms with Gasteiger partial charge in [-0.3, -0.25) is 4.79 Å². The second kappa shape index (κ2) is 6.20. The molecular formula is C16H26N2O. The van der Waals surface area contributed by atoms with Gasteiger partial charge in [-0.1, -0.05) is 31.5 Å². The Kier molecular flexibility index (Phi) is 5.12. The third-order valence-electron chi connectivity index (χ3n) is 3.62. The van der Waals surface area contributed by atoms with E-state index >= 15 is 0 Å². The molecule has 3 heteroatoms. The maximum Gasteiger partial charge on any atom is 0.239 e. The molecule has 1 aromatic rings. The first-order valence-electron chi connectivity index (χ1n) is 6.81. The normalized spacial score (nSPS) is 12.6. The van der Waals surface area contributed by atoms with Crippen LogP contribution < -0.4 is 5.73 Å². The third-order valence-corrected chi connectivity index (χ3v) is 3.62. The van der Waals surface area contributed by atoms with E-state index in [1.54, 1.807) is 4.90 Å². The molecule has 0 saturated heterocycles. The Bertz CT molecular complexity index is 443. The zero-order valence-corrected chi connectivity index (χ0v) is 12.9. The SMILES string of the molecule is Cc1cc(C)c(CN(C)C(=O)C(N)C(C)C)c(C)c1. The lowest BCUT2D eigenvalue weighted by Crippen LogP contribution is -2.44. The van der Waals surface area contributed by atoms with Crippen LogP contribution in [-0.2, 0) is 11.3 Å². The molecule has 0 saturated carbocycles. The van der Waals surface area contributed by atoms with Gasteiger partial charge in [0.25, 0.3) is 0 Å². The summed E-state index contributed by atoms with van der Waals surface area (Å²) < 4.78 is 0. The Morgan fingerprint density at radius 2 is 1.68 bits per heavy atom. The number of rotatable bonds is 4. The first kappa shape index (κ1) is 15.7. The van der Waals surface area contributed by atoms with Gasteiger partial charge in [0.15, 0.2) is 0 Å². The minimum absolute atomic E-state index is 0.00868. The summed E-state index contributed by atoms with van der Waals surface area (Å²) in [6.45, 7) is 10.8. The standard InChI is InChI=1S/C16H26N2O/c1-10(2)15(17)16(19)18(6)9-14-12(4)7-11(3)8-13(14)5/h7-8,10,15H,9,17H2,1-6H3. The molecule has 1 rings (SSSR count).